The van der Waals surface area contributed by atoms with E-state index in [0.717, 1.165) is 12.8 Å². The number of allylic oxidation sites excluding steroid dienone is 1. The van der Waals surface area contributed by atoms with E-state index >= 15 is 0 Å². The van der Waals surface area contributed by atoms with Gasteiger partial charge in [0.25, 0.3) is 0 Å². The first-order chi connectivity index (χ1) is 7.42. The first-order valence-electron chi connectivity index (χ1n) is 6.64. The van der Waals surface area contributed by atoms with Crippen LogP contribution in [0.5, 0.6) is 0 Å². The van der Waals surface area contributed by atoms with Crippen LogP contribution in [0.4, 0.5) is 0 Å². The number of hydrogen-bond acceptors (Lipinski definition) is 1. The quantitative estimate of drug-likeness (QED) is 0.568. The molecule has 4 atom stereocenters. The van der Waals surface area contributed by atoms with E-state index in [1.54, 1.807) is 0 Å². The van der Waals surface area contributed by atoms with Gasteiger partial charge in [-0.25, -0.2) is 0 Å². The first kappa shape index (κ1) is 10.6. The van der Waals surface area contributed by atoms with Crippen molar-refractivity contribution in [3.05, 3.63) is 12.2 Å². The summed E-state index contributed by atoms with van der Waals surface area (Å²) in [6, 6.07) is 0. The zero-order valence-electron chi connectivity index (χ0n) is 10.7. The molecule has 0 aromatic rings. The van der Waals surface area contributed by atoms with Crippen molar-refractivity contribution in [2.75, 3.05) is 0 Å². The Morgan fingerprint density at radius 2 is 2.00 bits per heavy atom. The average molecular weight is 218 g/mol. The van der Waals surface area contributed by atoms with Gasteiger partial charge in [0.05, 0.1) is 0 Å². The van der Waals surface area contributed by atoms with Gasteiger partial charge in [-0.15, -0.1) is 0 Å². The number of carbonyl (C=O) groups excluding carboxylic acids is 1. The summed E-state index contributed by atoms with van der Waals surface area (Å²) in [6.45, 7) is 11.1. The summed E-state index contributed by atoms with van der Waals surface area (Å²) in [5.41, 5.74) is 1.41. The molecule has 0 heterocycles. The Morgan fingerprint density at radius 1 is 1.31 bits per heavy atom. The highest BCUT2D eigenvalue weighted by molar-refractivity contribution is 5.94. The largest absolute Gasteiger partial charge is 0.298 e. The molecule has 2 bridgehead atoms. The van der Waals surface area contributed by atoms with Crippen LogP contribution in [-0.2, 0) is 4.79 Å². The van der Waals surface area contributed by atoms with Gasteiger partial charge in [-0.05, 0) is 42.9 Å². The summed E-state index contributed by atoms with van der Waals surface area (Å²) >= 11 is 0. The highest BCUT2D eigenvalue weighted by atomic mass is 16.1. The third-order valence-corrected chi connectivity index (χ3v) is 6.02. The van der Waals surface area contributed by atoms with Gasteiger partial charge in [-0.3, -0.25) is 4.79 Å². The van der Waals surface area contributed by atoms with E-state index in [4.69, 9.17) is 0 Å². The molecular formula is C15H22O. The van der Waals surface area contributed by atoms with E-state index in [1.807, 2.05) is 0 Å². The summed E-state index contributed by atoms with van der Waals surface area (Å²) in [4.78, 5) is 12.8. The Balaban J connectivity index is 2.19. The lowest BCUT2D eigenvalue weighted by Gasteiger charge is -2.36. The van der Waals surface area contributed by atoms with Crippen LogP contribution in [0.25, 0.3) is 0 Å². The fourth-order valence-electron chi connectivity index (χ4n) is 5.30. The minimum Gasteiger partial charge on any atom is -0.298 e. The number of Topliss-reactive ketones (excluding diaryl/α,β-unsaturated/α-hetero) is 1. The van der Waals surface area contributed by atoms with Crippen molar-refractivity contribution in [1.29, 1.82) is 0 Å². The smallest absolute Gasteiger partial charge is 0.147 e. The fraction of sp³-hybridized carbons (Fsp3) is 0.800. The van der Waals surface area contributed by atoms with E-state index in [2.05, 4.69) is 27.4 Å². The lowest BCUT2D eigenvalue weighted by atomic mass is 9.66. The van der Waals surface area contributed by atoms with Crippen molar-refractivity contribution in [3.63, 3.8) is 0 Å². The van der Waals surface area contributed by atoms with Crippen molar-refractivity contribution in [3.8, 4) is 0 Å². The van der Waals surface area contributed by atoms with Gasteiger partial charge in [-0.2, -0.15) is 0 Å². The maximum absolute atomic E-state index is 12.8. The van der Waals surface area contributed by atoms with Crippen LogP contribution in [0.15, 0.2) is 12.2 Å². The summed E-state index contributed by atoms with van der Waals surface area (Å²) < 4.78 is 0. The molecule has 16 heavy (non-hydrogen) atoms. The van der Waals surface area contributed by atoms with E-state index in [9.17, 15) is 4.79 Å². The Labute approximate surface area is 98.3 Å². The fourth-order valence-corrected chi connectivity index (χ4v) is 5.30. The van der Waals surface area contributed by atoms with Crippen LogP contribution in [0, 0.1) is 28.6 Å². The zero-order valence-corrected chi connectivity index (χ0v) is 10.7. The molecule has 1 spiro atoms. The second-order valence-electron chi connectivity index (χ2n) is 6.85. The van der Waals surface area contributed by atoms with Crippen molar-refractivity contribution in [2.24, 2.45) is 28.6 Å². The Morgan fingerprint density at radius 3 is 2.69 bits per heavy atom. The molecule has 3 aliphatic carbocycles. The number of fused-ring (bicyclic) bond motifs is 1. The van der Waals surface area contributed by atoms with E-state index in [-0.39, 0.29) is 16.7 Å². The summed E-state index contributed by atoms with van der Waals surface area (Å²) in [5, 5.41) is 0. The summed E-state index contributed by atoms with van der Waals surface area (Å²) in [5.74, 6) is 1.92. The highest BCUT2D eigenvalue weighted by Gasteiger charge is 2.69. The van der Waals surface area contributed by atoms with Crippen LogP contribution in [0.1, 0.15) is 46.5 Å². The minimum atomic E-state index is 0.0371. The lowest BCUT2D eigenvalue weighted by Crippen LogP contribution is -2.38. The van der Waals surface area contributed by atoms with Gasteiger partial charge < -0.3 is 0 Å². The van der Waals surface area contributed by atoms with Gasteiger partial charge in [0.15, 0.2) is 0 Å². The van der Waals surface area contributed by atoms with Gasteiger partial charge in [0.1, 0.15) is 5.78 Å². The van der Waals surface area contributed by atoms with E-state index in [0.29, 0.717) is 17.6 Å². The van der Waals surface area contributed by atoms with Crippen LogP contribution >= 0.6 is 0 Å². The van der Waals surface area contributed by atoms with Crippen LogP contribution in [0.2, 0.25) is 0 Å². The Hall–Kier alpha value is -0.590. The molecular weight excluding hydrogens is 196 g/mol. The van der Waals surface area contributed by atoms with Crippen LogP contribution < -0.4 is 0 Å². The predicted octanol–water partition coefficient (Wildman–Crippen LogP) is 3.59. The summed E-state index contributed by atoms with van der Waals surface area (Å²) in [7, 11) is 0. The third kappa shape index (κ3) is 0.881. The van der Waals surface area contributed by atoms with E-state index in [1.165, 1.54) is 18.4 Å². The number of hydrogen-bond donors (Lipinski definition) is 0. The van der Waals surface area contributed by atoms with Gasteiger partial charge >= 0.3 is 0 Å². The molecule has 0 saturated heterocycles. The van der Waals surface area contributed by atoms with Crippen molar-refractivity contribution >= 4 is 5.78 Å². The number of rotatable bonds is 0. The molecule has 1 nitrogen and oxygen atoms in total. The van der Waals surface area contributed by atoms with E-state index < -0.39 is 0 Å². The van der Waals surface area contributed by atoms with Crippen molar-refractivity contribution in [2.45, 2.75) is 46.5 Å². The molecule has 88 valence electrons. The topological polar surface area (TPSA) is 17.1 Å². The molecule has 0 unspecified atom stereocenters. The minimum absolute atomic E-state index is 0.0371. The first-order valence-corrected chi connectivity index (χ1v) is 6.64. The second kappa shape index (κ2) is 2.80. The number of ketones is 1. The molecule has 0 N–H and O–H groups in total. The zero-order chi connectivity index (χ0) is 11.7. The van der Waals surface area contributed by atoms with Gasteiger partial charge in [0.2, 0.25) is 0 Å². The standard InChI is InChI=1S/C15H22O/c1-9-7-8-15-10(2)5-6-11(15)14(3,4)12(9)13(15)16/h10-12H,1,5-8H2,2-4H3/t10-,11+,12-,15+/m1/s1. The average Bonchev–Trinajstić information content (AvgIpc) is 2.56. The molecule has 3 aliphatic rings. The van der Waals surface area contributed by atoms with Gasteiger partial charge in [-0.1, -0.05) is 32.9 Å². The lowest BCUT2D eigenvalue weighted by molar-refractivity contribution is -0.132. The Kier molecular flexibility index (Phi) is 1.85. The van der Waals surface area contributed by atoms with Crippen molar-refractivity contribution in [1.82, 2.24) is 0 Å². The monoisotopic (exact) mass is 218 g/mol. The normalized spacial score (nSPS) is 49.6. The van der Waals surface area contributed by atoms with Crippen molar-refractivity contribution < 1.29 is 4.79 Å². The predicted molar refractivity (Wildman–Crippen MR) is 65.0 cm³/mol. The molecule has 0 aromatic heterocycles. The molecule has 3 rings (SSSR count). The molecule has 3 fully saturated rings. The molecule has 0 radical (unpaired) electrons. The van der Waals surface area contributed by atoms with Crippen LogP contribution in [0.3, 0.4) is 0 Å². The summed E-state index contributed by atoms with van der Waals surface area (Å²) in [6.07, 6.45) is 4.67. The molecule has 1 heteroatoms. The van der Waals surface area contributed by atoms with Gasteiger partial charge in [0, 0.05) is 11.3 Å². The third-order valence-electron chi connectivity index (χ3n) is 6.02. The number of carbonyl (C=O) groups is 1. The molecule has 0 aliphatic heterocycles. The molecule has 0 amide bonds. The molecule has 0 aromatic carbocycles. The second-order valence-corrected chi connectivity index (χ2v) is 6.85. The van der Waals surface area contributed by atoms with Crippen LogP contribution in [-0.4, -0.2) is 5.78 Å². The highest BCUT2D eigenvalue weighted by Crippen LogP contribution is 2.70. The SMILES string of the molecule is C=C1CC[C@@]23C(=O)[C@@H]1C(C)(C)[C@@H]2CC[C@H]3C. The maximum Gasteiger partial charge on any atom is 0.147 e. The molecule has 3 saturated carbocycles. The Bertz CT molecular complexity index is 379. The maximum atomic E-state index is 12.8.